The Balaban J connectivity index is 1.65. The van der Waals surface area contributed by atoms with Crippen molar-refractivity contribution in [1.82, 2.24) is 0 Å². The number of nitrogens with one attached hydrogen (secondary N) is 1. The first-order valence-electron chi connectivity index (χ1n) is 8.93. The first-order chi connectivity index (χ1) is 14.0. The van der Waals surface area contributed by atoms with Crippen molar-refractivity contribution >= 4 is 33.0 Å². The zero-order valence-corrected chi connectivity index (χ0v) is 16.8. The topological polar surface area (TPSA) is 82.3 Å². The van der Waals surface area contributed by atoms with Crippen molar-refractivity contribution in [2.75, 3.05) is 11.3 Å². The van der Waals surface area contributed by atoms with E-state index in [9.17, 15) is 8.42 Å². The van der Waals surface area contributed by atoms with Crippen LogP contribution in [0.4, 0.5) is 5.69 Å². The lowest BCUT2D eigenvalue weighted by atomic mass is 9.93. The lowest BCUT2D eigenvalue weighted by Gasteiger charge is -2.18. The molecule has 0 unspecified atom stereocenters. The van der Waals surface area contributed by atoms with Gasteiger partial charge in [0.1, 0.15) is 0 Å². The normalized spacial score (nSPS) is 13.2. The molecule has 29 heavy (non-hydrogen) atoms. The maximum atomic E-state index is 12.7. The van der Waals surface area contributed by atoms with Crippen LogP contribution in [0.3, 0.4) is 0 Å². The van der Waals surface area contributed by atoms with Gasteiger partial charge in [-0.2, -0.15) is 5.26 Å². The molecule has 0 bridgehead atoms. The molecule has 0 saturated heterocycles. The molecular weight excluding hydrogens is 406 g/mol. The van der Waals surface area contributed by atoms with Crippen molar-refractivity contribution in [2.24, 2.45) is 4.99 Å². The van der Waals surface area contributed by atoms with Crippen molar-refractivity contribution < 1.29 is 8.42 Å². The van der Waals surface area contributed by atoms with E-state index in [2.05, 4.69) is 9.71 Å². The van der Waals surface area contributed by atoms with Gasteiger partial charge in [0.05, 0.1) is 22.2 Å². The third-order valence-electron chi connectivity index (χ3n) is 4.66. The predicted octanol–water partition coefficient (Wildman–Crippen LogP) is 4.41. The number of anilines is 1. The van der Waals surface area contributed by atoms with Crippen LogP contribution in [-0.2, 0) is 16.4 Å². The summed E-state index contributed by atoms with van der Waals surface area (Å²) in [5.41, 5.74) is 4.59. The molecule has 0 radical (unpaired) electrons. The summed E-state index contributed by atoms with van der Waals surface area (Å²) in [4.78, 5) is 4.74. The smallest absolute Gasteiger partial charge is 0.261 e. The summed E-state index contributed by atoms with van der Waals surface area (Å²) in [6.45, 7) is 0.672. The molecular formula is C22H16ClN3O2S. The zero-order chi connectivity index (χ0) is 20.4. The molecule has 0 aromatic heterocycles. The molecule has 4 rings (SSSR count). The molecule has 0 aliphatic carbocycles. The van der Waals surface area contributed by atoms with E-state index >= 15 is 0 Å². The fraction of sp³-hybridized carbons (Fsp3) is 0.0909. The Morgan fingerprint density at radius 1 is 1.03 bits per heavy atom. The highest BCUT2D eigenvalue weighted by molar-refractivity contribution is 7.92. The van der Waals surface area contributed by atoms with Crippen molar-refractivity contribution in [3.8, 4) is 6.07 Å². The van der Waals surface area contributed by atoms with Crippen LogP contribution in [-0.4, -0.2) is 20.7 Å². The number of fused-ring (bicyclic) bond motifs is 1. The molecule has 1 heterocycles. The van der Waals surface area contributed by atoms with Crippen LogP contribution in [0.15, 0.2) is 76.6 Å². The van der Waals surface area contributed by atoms with Gasteiger partial charge in [0.25, 0.3) is 10.0 Å². The second-order valence-corrected chi connectivity index (χ2v) is 8.72. The maximum absolute atomic E-state index is 12.7. The van der Waals surface area contributed by atoms with Crippen LogP contribution < -0.4 is 4.72 Å². The SMILES string of the molecule is N#Cc1ccc(S(=O)(=O)Nc2cccc(C3=NCCc4ccc(Cl)cc43)c2)cc1. The summed E-state index contributed by atoms with van der Waals surface area (Å²) in [6.07, 6.45) is 0.848. The summed E-state index contributed by atoms with van der Waals surface area (Å²) in [7, 11) is -3.77. The van der Waals surface area contributed by atoms with Gasteiger partial charge in [-0.25, -0.2) is 8.42 Å². The van der Waals surface area contributed by atoms with Crippen molar-refractivity contribution in [2.45, 2.75) is 11.3 Å². The number of nitrogens with zero attached hydrogens (tertiary/aromatic N) is 2. The summed E-state index contributed by atoms with van der Waals surface area (Å²) >= 11 is 6.17. The molecule has 1 N–H and O–H groups in total. The van der Waals surface area contributed by atoms with Crippen molar-refractivity contribution in [1.29, 1.82) is 5.26 Å². The van der Waals surface area contributed by atoms with Gasteiger partial charge in [0.15, 0.2) is 0 Å². The number of sulfonamides is 1. The van der Waals surface area contributed by atoms with E-state index in [1.807, 2.05) is 30.3 Å². The van der Waals surface area contributed by atoms with E-state index in [1.165, 1.54) is 29.8 Å². The minimum Gasteiger partial charge on any atom is -0.284 e. The number of aliphatic imine (C=N–C) groups is 1. The highest BCUT2D eigenvalue weighted by atomic mass is 35.5. The molecule has 5 nitrogen and oxygen atoms in total. The Morgan fingerprint density at radius 2 is 1.83 bits per heavy atom. The minimum atomic E-state index is -3.77. The molecule has 7 heteroatoms. The van der Waals surface area contributed by atoms with E-state index < -0.39 is 10.0 Å². The Morgan fingerprint density at radius 3 is 2.59 bits per heavy atom. The van der Waals surface area contributed by atoms with Gasteiger partial charge in [0, 0.05) is 28.4 Å². The van der Waals surface area contributed by atoms with Crippen LogP contribution in [0.25, 0.3) is 0 Å². The van der Waals surface area contributed by atoms with E-state index in [-0.39, 0.29) is 4.90 Å². The van der Waals surface area contributed by atoms with E-state index in [0.29, 0.717) is 22.8 Å². The molecule has 3 aromatic rings. The fourth-order valence-electron chi connectivity index (χ4n) is 3.26. The number of hydrogen-bond acceptors (Lipinski definition) is 4. The highest BCUT2D eigenvalue weighted by Gasteiger charge is 2.18. The molecule has 0 spiro atoms. The van der Waals surface area contributed by atoms with E-state index in [1.54, 1.807) is 18.2 Å². The van der Waals surface area contributed by atoms with Gasteiger partial charge in [-0.1, -0.05) is 29.8 Å². The summed E-state index contributed by atoms with van der Waals surface area (Å²) < 4.78 is 28.0. The summed E-state index contributed by atoms with van der Waals surface area (Å²) in [5, 5.41) is 9.51. The third kappa shape index (κ3) is 4.02. The number of nitriles is 1. The van der Waals surface area contributed by atoms with Crippen LogP contribution in [0, 0.1) is 11.3 Å². The van der Waals surface area contributed by atoms with Crippen LogP contribution in [0.1, 0.15) is 22.3 Å². The Hall–Kier alpha value is -3.14. The number of benzene rings is 3. The third-order valence-corrected chi connectivity index (χ3v) is 6.29. The fourth-order valence-corrected chi connectivity index (χ4v) is 4.48. The van der Waals surface area contributed by atoms with E-state index in [0.717, 1.165) is 23.3 Å². The number of hydrogen-bond donors (Lipinski definition) is 1. The molecule has 1 aliphatic rings. The van der Waals surface area contributed by atoms with E-state index in [4.69, 9.17) is 16.9 Å². The van der Waals surface area contributed by atoms with Crippen molar-refractivity contribution in [3.05, 3.63) is 94.0 Å². The van der Waals surface area contributed by atoms with Gasteiger partial charge in [0.2, 0.25) is 0 Å². The molecule has 3 aromatic carbocycles. The second kappa shape index (κ2) is 7.70. The van der Waals surface area contributed by atoms with Gasteiger partial charge in [-0.05, 0) is 60.5 Å². The average molecular weight is 422 g/mol. The lowest BCUT2D eigenvalue weighted by molar-refractivity contribution is 0.601. The van der Waals surface area contributed by atoms with Crippen LogP contribution >= 0.6 is 11.6 Å². The van der Waals surface area contributed by atoms with Gasteiger partial charge in [-0.15, -0.1) is 0 Å². The highest BCUT2D eigenvalue weighted by Crippen LogP contribution is 2.26. The zero-order valence-electron chi connectivity index (χ0n) is 15.3. The predicted molar refractivity (Wildman–Crippen MR) is 114 cm³/mol. The number of halogens is 1. The van der Waals surface area contributed by atoms with Crippen LogP contribution in [0.2, 0.25) is 5.02 Å². The Labute approximate surface area is 174 Å². The standard InChI is InChI=1S/C22H16ClN3O2S/c23-18-7-6-16-10-11-25-22(21(16)13-18)17-2-1-3-19(12-17)26-29(27,28)20-8-4-15(14-24)5-9-20/h1-9,12-13,26H,10-11H2. The average Bonchev–Trinajstić information content (AvgIpc) is 2.73. The van der Waals surface area contributed by atoms with Crippen LogP contribution in [0.5, 0.6) is 0 Å². The van der Waals surface area contributed by atoms with Gasteiger partial charge in [-0.3, -0.25) is 9.71 Å². The summed E-state index contributed by atoms with van der Waals surface area (Å²) in [6, 6.07) is 20.6. The Bertz CT molecular complexity index is 1260. The van der Waals surface area contributed by atoms with Gasteiger partial charge < -0.3 is 0 Å². The monoisotopic (exact) mass is 421 g/mol. The quantitative estimate of drug-likeness (QED) is 0.677. The van der Waals surface area contributed by atoms with Crippen molar-refractivity contribution in [3.63, 3.8) is 0 Å². The summed E-state index contributed by atoms with van der Waals surface area (Å²) in [5.74, 6) is 0. The molecule has 1 aliphatic heterocycles. The van der Waals surface area contributed by atoms with Gasteiger partial charge >= 0.3 is 0 Å². The first kappa shape index (κ1) is 19.2. The number of rotatable bonds is 4. The first-order valence-corrected chi connectivity index (χ1v) is 10.8. The Kier molecular flexibility index (Phi) is 5.10. The molecule has 0 saturated carbocycles. The molecule has 144 valence electrons. The minimum absolute atomic E-state index is 0.0917. The molecule has 0 fully saturated rings. The lowest BCUT2D eigenvalue weighted by Crippen LogP contribution is -2.16. The second-order valence-electron chi connectivity index (χ2n) is 6.60. The maximum Gasteiger partial charge on any atom is 0.261 e. The molecule has 0 amide bonds. The largest absolute Gasteiger partial charge is 0.284 e. The molecule has 0 atom stereocenters.